The van der Waals surface area contributed by atoms with Crippen LogP contribution in [0.2, 0.25) is 0 Å². The predicted molar refractivity (Wildman–Crippen MR) is 71.1 cm³/mol. The molecule has 4 N–H and O–H groups in total. The molecule has 0 aliphatic carbocycles. The molecule has 0 atom stereocenters. The average molecular weight is 292 g/mol. The van der Waals surface area contributed by atoms with E-state index in [-0.39, 0.29) is 22.6 Å². The summed E-state index contributed by atoms with van der Waals surface area (Å²) in [7, 11) is 0. The number of nitrogens with zero attached hydrogens (tertiary/aromatic N) is 2. The number of hydrogen-bond donors (Lipinski definition) is 3. The number of nitrogens with one attached hydrogen (secondary N) is 1. The van der Waals surface area contributed by atoms with Gasteiger partial charge in [-0.25, -0.2) is 8.78 Å². The SMILES string of the molecule is N/C(=N/O)c1ccc(NC(=O)c2cncc(F)c2)c(F)c1. The standard InChI is InChI=1S/C13H10F2N4O2/c14-9-3-8(5-17-6-9)13(20)18-11-2-1-7(4-10(11)15)12(16)19-21/h1-6,21H,(H2,16,19)(H,18,20). The number of anilines is 1. The zero-order valence-electron chi connectivity index (χ0n) is 10.5. The van der Waals surface area contributed by atoms with Crippen LogP contribution < -0.4 is 11.1 Å². The molecule has 1 heterocycles. The quantitative estimate of drug-likeness (QED) is 0.347. The van der Waals surface area contributed by atoms with Gasteiger partial charge in [0.15, 0.2) is 5.84 Å². The van der Waals surface area contributed by atoms with E-state index in [4.69, 9.17) is 10.9 Å². The summed E-state index contributed by atoms with van der Waals surface area (Å²) in [5.74, 6) is -2.43. The molecular formula is C13H10F2N4O2. The highest BCUT2D eigenvalue weighted by molar-refractivity contribution is 6.04. The van der Waals surface area contributed by atoms with Crippen LogP contribution in [0.15, 0.2) is 41.8 Å². The second-order valence-electron chi connectivity index (χ2n) is 4.03. The Bertz CT molecular complexity index is 719. The van der Waals surface area contributed by atoms with Crippen molar-refractivity contribution in [2.75, 3.05) is 5.32 Å². The van der Waals surface area contributed by atoms with Crippen LogP contribution >= 0.6 is 0 Å². The van der Waals surface area contributed by atoms with Crippen molar-refractivity contribution in [2.45, 2.75) is 0 Å². The molecular weight excluding hydrogens is 282 g/mol. The van der Waals surface area contributed by atoms with Gasteiger partial charge in [0.25, 0.3) is 5.91 Å². The molecule has 108 valence electrons. The van der Waals surface area contributed by atoms with E-state index in [0.29, 0.717) is 0 Å². The Morgan fingerprint density at radius 1 is 1.24 bits per heavy atom. The lowest BCUT2D eigenvalue weighted by atomic mass is 10.1. The Labute approximate surface area is 117 Å². The van der Waals surface area contributed by atoms with Gasteiger partial charge in [0.05, 0.1) is 17.4 Å². The monoisotopic (exact) mass is 292 g/mol. The minimum atomic E-state index is -0.781. The first-order chi connectivity index (χ1) is 10.0. The van der Waals surface area contributed by atoms with E-state index >= 15 is 0 Å². The van der Waals surface area contributed by atoms with Gasteiger partial charge in [0, 0.05) is 11.8 Å². The Kier molecular flexibility index (Phi) is 4.07. The molecule has 0 spiro atoms. The third-order valence-electron chi connectivity index (χ3n) is 2.59. The Hall–Kier alpha value is -3.03. The van der Waals surface area contributed by atoms with Crippen molar-refractivity contribution in [1.82, 2.24) is 4.98 Å². The second-order valence-corrected chi connectivity index (χ2v) is 4.03. The minimum Gasteiger partial charge on any atom is -0.409 e. The first-order valence-electron chi connectivity index (χ1n) is 5.70. The topological polar surface area (TPSA) is 101 Å². The van der Waals surface area contributed by atoms with Gasteiger partial charge in [-0.2, -0.15) is 0 Å². The number of amidine groups is 1. The molecule has 21 heavy (non-hydrogen) atoms. The number of carbonyl (C=O) groups is 1. The molecule has 8 heteroatoms. The van der Waals surface area contributed by atoms with Gasteiger partial charge in [0.2, 0.25) is 0 Å². The summed E-state index contributed by atoms with van der Waals surface area (Å²) in [6.07, 6.45) is 2.10. The fourth-order valence-corrected chi connectivity index (χ4v) is 1.56. The number of pyridine rings is 1. The maximum Gasteiger partial charge on any atom is 0.257 e. The number of oxime groups is 1. The Morgan fingerprint density at radius 2 is 2.00 bits per heavy atom. The summed E-state index contributed by atoms with van der Waals surface area (Å²) in [6, 6.07) is 4.57. The molecule has 1 aromatic heterocycles. The molecule has 0 radical (unpaired) electrons. The van der Waals surface area contributed by atoms with Crippen molar-refractivity contribution in [1.29, 1.82) is 0 Å². The molecule has 1 aromatic carbocycles. The zero-order chi connectivity index (χ0) is 15.4. The van der Waals surface area contributed by atoms with E-state index in [2.05, 4.69) is 15.5 Å². The van der Waals surface area contributed by atoms with Gasteiger partial charge >= 0.3 is 0 Å². The van der Waals surface area contributed by atoms with Gasteiger partial charge in [-0.1, -0.05) is 5.16 Å². The normalized spacial score (nSPS) is 11.2. The highest BCUT2D eigenvalue weighted by Gasteiger charge is 2.12. The number of hydrogen-bond acceptors (Lipinski definition) is 4. The van der Waals surface area contributed by atoms with E-state index in [1.807, 2.05) is 0 Å². The summed E-state index contributed by atoms with van der Waals surface area (Å²) in [4.78, 5) is 15.3. The first-order valence-corrected chi connectivity index (χ1v) is 5.70. The smallest absolute Gasteiger partial charge is 0.257 e. The van der Waals surface area contributed by atoms with Crippen molar-refractivity contribution in [2.24, 2.45) is 10.9 Å². The van der Waals surface area contributed by atoms with Gasteiger partial charge in [0.1, 0.15) is 11.6 Å². The van der Waals surface area contributed by atoms with Crippen LogP contribution in [0.1, 0.15) is 15.9 Å². The summed E-state index contributed by atoms with van der Waals surface area (Å²) in [6.45, 7) is 0. The van der Waals surface area contributed by atoms with E-state index in [9.17, 15) is 13.6 Å². The number of benzene rings is 1. The summed E-state index contributed by atoms with van der Waals surface area (Å²) in [5, 5.41) is 13.5. The first kappa shape index (κ1) is 14.4. The zero-order valence-corrected chi connectivity index (χ0v) is 10.5. The highest BCUT2D eigenvalue weighted by atomic mass is 19.1. The van der Waals surface area contributed by atoms with Crippen molar-refractivity contribution in [3.63, 3.8) is 0 Å². The van der Waals surface area contributed by atoms with Gasteiger partial charge in [-0.05, 0) is 24.3 Å². The van der Waals surface area contributed by atoms with Crippen LogP contribution in [0.4, 0.5) is 14.5 Å². The maximum absolute atomic E-state index is 13.8. The second kappa shape index (κ2) is 5.95. The van der Waals surface area contributed by atoms with Crippen molar-refractivity contribution in [3.05, 3.63) is 59.4 Å². The Morgan fingerprint density at radius 3 is 2.62 bits per heavy atom. The van der Waals surface area contributed by atoms with Gasteiger partial charge < -0.3 is 16.3 Å². The van der Waals surface area contributed by atoms with Crippen LogP contribution in [-0.2, 0) is 0 Å². The molecule has 0 saturated carbocycles. The average Bonchev–Trinajstić information content (AvgIpc) is 2.48. The van der Waals surface area contributed by atoms with Gasteiger partial charge in [-0.15, -0.1) is 0 Å². The van der Waals surface area contributed by atoms with E-state index in [1.54, 1.807) is 0 Å². The molecule has 2 rings (SSSR count). The lowest BCUT2D eigenvalue weighted by molar-refractivity contribution is 0.102. The van der Waals surface area contributed by atoms with Crippen molar-refractivity contribution >= 4 is 17.4 Å². The predicted octanol–water partition coefficient (Wildman–Crippen LogP) is 1.71. The van der Waals surface area contributed by atoms with E-state index in [0.717, 1.165) is 24.5 Å². The largest absolute Gasteiger partial charge is 0.409 e. The van der Waals surface area contributed by atoms with Crippen LogP contribution in [0, 0.1) is 11.6 Å². The highest BCUT2D eigenvalue weighted by Crippen LogP contribution is 2.17. The molecule has 0 unspecified atom stereocenters. The van der Waals surface area contributed by atoms with Crippen LogP contribution in [-0.4, -0.2) is 21.9 Å². The maximum atomic E-state index is 13.8. The fraction of sp³-hybridized carbons (Fsp3) is 0. The van der Waals surface area contributed by atoms with E-state index in [1.165, 1.54) is 12.1 Å². The number of amides is 1. The molecule has 0 fully saturated rings. The Balaban J connectivity index is 2.22. The number of nitrogens with two attached hydrogens (primary N) is 1. The molecule has 6 nitrogen and oxygen atoms in total. The third kappa shape index (κ3) is 3.30. The third-order valence-corrected chi connectivity index (χ3v) is 2.59. The molecule has 0 saturated heterocycles. The fourth-order valence-electron chi connectivity index (χ4n) is 1.56. The number of halogens is 2. The van der Waals surface area contributed by atoms with Crippen molar-refractivity contribution < 1.29 is 18.8 Å². The summed E-state index contributed by atoms with van der Waals surface area (Å²) >= 11 is 0. The van der Waals surface area contributed by atoms with Crippen molar-refractivity contribution in [3.8, 4) is 0 Å². The lowest BCUT2D eigenvalue weighted by Crippen LogP contribution is -2.16. The molecule has 0 aliphatic rings. The van der Waals surface area contributed by atoms with Gasteiger partial charge in [-0.3, -0.25) is 9.78 Å². The molecule has 1 amide bonds. The lowest BCUT2D eigenvalue weighted by Gasteiger charge is -2.07. The number of aromatic nitrogens is 1. The molecule has 0 bridgehead atoms. The van der Waals surface area contributed by atoms with Crippen LogP contribution in [0.5, 0.6) is 0 Å². The van der Waals surface area contributed by atoms with Crippen LogP contribution in [0.3, 0.4) is 0 Å². The summed E-state index contributed by atoms with van der Waals surface area (Å²) < 4.78 is 26.8. The number of carbonyl (C=O) groups excluding carboxylic acids is 1. The minimum absolute atomic E-state index is 0.0464. The molecule has 2 aromatic rings. The van der Waals surface area contributed by atoms with E-state index < -0.39 is 17.5 Å². The summed E-state index contributed by atoms with van der Waals surface area (Å²) in [5.41, 5.74) is 5.30. The number of rotatable bonds is 3. The molecule has 0 aliphatic heterocycles. The van der Waals surface area contributed by atoms with Crippen LogP contribution in [0.25, 0.3) is 0 Å².